The Morgan fingerprint density at radius 2 is 1.86 bits per heavy atom. The molecule has 3 aromatic rings. The van der Waals surface area contributed by atoms with E-state index >= 15 is 0 Å². The molecule has 0 radical (unpaired) electrons. The number of hydrogen-bond donors (Lipinski definition) is 1. The highest BCUT2D eigenvalue weighted by Gasteiger charge is 2.23. The number of nitrogens with zero attached hydrogens (tertiary/aromatic N) is 3. The Kier molecular flexibility index (Phi) is 6.36. The van der Waals surface area contributed by atoms with Crippen LogP contribution in [0.2, 0.25) is 0 Å². The van der Waals surface area contributed by atoms with Crippen LogP contribution in [-0.2, 0) is 0 Å². The SMILES string of the molecule is CCOc1ccc(C(NC(=O)c2cnn3ccc(C)nc23)C(C)C)cc1OCC. The van der Waals surface area contributed by atoms with Gasteiger partial charge in [-0.3, -0.25) is 4.79 Å². The van der Waals surface area contributed by atoms with Crippen LogP contribution in [-0.4, -0.2) is 33.7 Å². The van der Waals surface area contributed by atoms with Gasteiger partial charge in [-0.1, -0.05) is 19.9 Å². The van der Waals surface area contributed by atoms with Crippen LogP contribution >= 0.6 is 0 Å². The van der Waals surface area contributed by atoms with Gasteiger partial charge in [0.05, 0.1) is 25.5 Å². The van der Waals surface area contributed by atoms with Gasteiger partial charge < -0.3 is 14.8 Å². The maximum absolute atomic E-state index is 13.0. The Morgan fingerprint density at radius 3 is 2.55 bits per heavy atom. The molecule has 0 saturated carbocycles. The zero-order valence-electron chi connectivity index (χ0n) is 17.6. The number of rotatable bonds is 8. The highest BCUT2D eigenvalue weighted by Crippen LogP contribution is 2.33. The number of fused-ring (bicyclic) bond motifs is 1. The lowest BCUT2D eigenvalue weighted by atomic mass is 9.95. The second kappa shape index (κ2) is 8.94. The Labute approximate surface area is 171 Å². The van der Waals surface area contributed by atoms with E-state index in [9.17, 15) is 4.79 Å². The molecule has 7 heteroatoms. The van der Waals surface area contributed by atoms with Crippen LogP contribution in [0.1, 0.15) is 55.4 Å². The molecule has 7 nitrogen and oxygen atoms in total. The lowest BCUT2D eigenvalue weighted by Crippen LogP contribution is -2.31. The summed E-state index contributed by atoms with van der Waals surface area (Å²) in [5.41, 5.74) is 2.79. The number of carbonyl (C=O) groups is 1. The fraction of sp³-hybridized carbons (Fsp3) is 0.409. The van der Waals surface area contributed by atoms with Crippen molar-refractivity contribution < 1.29 is 14.3 Å². The van der Waals surface area contributed by atoms with Crippen molar-refractivity contribution in [2.45, 2.75) is 40.7 Å². The van der Waals surface area contributed by atoms with E-state index in [-0.39, 0.29) is 17.9 Å². The first-order valence-corrected chi connectivity index (χ1v) is 9.96. The van der Waals surface area contributed by atoms with E-state index in [1.165, 1.54) is 0 Å². The van der Waals surface area contributed by atoms with Crippen molar-refractivity contribution in [1.82, 2.24) is 19.9 Å². The third-order valence-electron chi connectivity index (χ3n) is 4.63. The minimum Gasteiger partial charge on any atom is -0.490 e. The highest BCUT2D eigenvalue weighted by atomic mass is 16.5. The van der Waals surface area contributed by atoms with Crippen LogP contribution < -0.4 is 14.8 Å². The average molecular weight is 396 g/mol. The third kappa shape index (κ3) is 4.50. The summed E-state index contributed by atoms with van der Waals surface area (Å²) < 4.78 is 13.0. The minimum absolute atomic E-state index is 0.169. The van der Waals surface area contributed by atoms with Crippen LogP contribution in [0.25, 0.3) is 5.65 Å². The fourth-order valence-electron chi connectivity index (χ4n) is 3.23. The van der Waals surface area contributed by atoms with Crippen molar-refractivity contribution in [3.63, 3.8) is 0 Å². The second-order valence-electron chi connectivity index (χ2n) is 7.16. The summed E-state index contributed by atoms with van der Waals surface area (Å²) in [6.07, 6.45) is 3.35. The average Bonchev–Trinajstić information content (AvgIpc) is 3.10. The number of nitrogens with one attached hydrogen (secondary N) is 1. The van der Waals surface area contributed by atoms with Crippen molar-refractivity contribution >= 4 is 11.6 Å². The van der Waals surface area contributed by atoms with E-state index in [0.717, 1.165) is 11.3 Å². The van der Waals surface area contributed by atoms with Crippen molar-refractivity contribution in [2.75, 3.05) is 13.2 Å². The number of carbonyl (C=O) groups excluding carboxylic acids is 1. The van der Waals surface area contributed by atoms with Crippen LogP contribution in [0.4, 0.5) is 0 Å². The Bertz CT molecular complexity index is 997. The van der Waals surface area contributed by atoms with Crippen LogP contribution in [0.3, 0.4) is 0 Å². The lowest BCUT2D eigenvalue weighted by Gasteiger charge is -2.24. The van der Waals surface area contributed by atoms with Gasteiger partial charge in [-0.25, -0.2) is 9.50 Å². The van der Waals surface area contributed by atoms with Crippen molar-refractivity contribution in [3.8, 4) is 11.5 Å². The molecule has 2 heterocycles. The predicted molar refractivity (Wildman–Crippen MR) is 112 cm³/mol. The van der Waals surface area contributed by atoms with E-state index in [1.54, 1.807) is 16.9 Å². The molecular formula is C22H28N4O3. The molecular weight excluding hydrogens is 368 g/mol. The maximum atomic E-state index is 13.0. The smallest absolute Gasteiger partial charge is 0.257 e. The summed E-state index contributed by atoms with van der Waals surface area (Å²) >= 11 is 0. The number of aryl methyl sites for hydroxylation is 1. The first-order chi connectivity index (χ1) is 13.9. The summed E-state index contributed by atoms with van der Waals surface area (Å²) in [5, 5.41) is 7.37. The van der Waals surface area contributed by atoms with E-state index < -0.39 is 0 Å². The molecule has 29 heavy (non-hydrogen) atoms. The van der Waals surface area contributed by atoms with Crippen molar-refractivity contribution in [3.05, 3.63) is 53.5 Å². The standard InChI is InChI=1S/C22H28N4O3/c1-6-28-18-9-8-16(12-19(18)29-7-2)20(14(3)4)25-22(27)17-13-23-26-11-10-15(5)24-21(17)26/h8-14,20H,6-7H2,1-5H3,(H,25,27). The third-order valence-corrected chi connectivity index (χ3v) is 4.63. The van der Waals surface area contributed by atoms with Gasteiger partial charge in [-0.2, -0.15) is 5.10 Å². The first kappa shape index (κ1) is 20.6. The molecule has 1 atom stereocenters. The molecule has 0 aliphatic heterocycles. The summed E-state index contributed by atoms with van der Waals surface area (Å²) in [5.74, 6) is 1.35. The molecule has 1 aromatic carbocycles. The molecule has 3 rings (SSSR count). The molecule has 0 saturated heterocycles. The van der Waals surface area contributed by atoms with E-state index in [2.05, 4.69) is 29.2 Å². The van der Waals surface area contributed by atoms with Gasteiger partial charge in [0.25, 0.3) is 5.91 Å². The van der Waals surface area contributed by atoms with E-state index in [1.807, 2.05) is 45.0 Å². The summed E-state index contributed by atoms with van der Waals surface area (Å²) in [4.78, 5) is 17.5. The Morgan fingerprint density at radius 1 is 1.14 bits per heavy atom. The largest absolute Gasteiger partial charge is 0.490 e. The highest BCUT2D eigenvalue weighted by molar-refractivity contribution is 5.99. The van der Waals surface area contributed by atoms with Crippen LogP contribution in [0, 0.1) is 12.8 Å². The molecule has 0 aliphatic carbocycles. The quantitative estimate of drug-likeness (QED) is 0.623. The number of ether oxygens (including phenoxy) is 2. The van der Waals surface area contributed by atoms with Crippen LogP contribution in [0.5, 0.6) is 11.5 Å². The van der Waals surface area contributed by atoms with E-state index in [0.29, 0.717) is 35.9 Å². The predicted octanol–water partition coefficient (Wildman–Crippen LogP) is 3.96. The monoisotopic (exact) mass is 396 g/mol. The van der Waals surface area contributed by atoms with Gasteiger partial charge in [0.2, 0.25) is 0 Å². The topological polar surface area (TPSA) is 77.8 Å². The van der Waals surface area contributed by atoms with Gasteiger partial charge in [-0.15, -0.1) is 0 Å². The molecule has 1 amide bonds. The zero-order valence-corrected chi connectivity index (χ0v) is 17.6. The van der Waals surface area contributed by atoms with Gasteiger partial charge in [0.1, 0.15) is 5.56 Å². The summed E-state index contributed by atoms with van der Waals surface area (Å²) in [6.45, 7) is 11.0. The molecule has 1 N–H and O–H groups in total. The molecule has 0 fully saturated rings. The molecule has 0 bridgehead atoms. The maximum Gasteiger partial charge on any atom is 0.257 e. The van der Waals surface area contributed by atoms with Crippen molar-refractivity contribution in [2.24, 2.45) is 5.92 Å². The Hall–Kier alpha value is -3.09. The lowest BCUT2D eigenvalue weighted by molar-refractivity contribution is 0.0927. The Balaban J connectivity index is 1.91. The van der Waals surface area contributed by atoms with E-state index in [4.69, 9.17) is 9.47 Å². The number of hydrogen-bond acceptors (Lipinski definition) is 5. The molecule has 0 spiro atoms. The first-order valence-electron chi connectivity index (χ1n) is 9.96. The summed E-state index contributed by atoms with van der Waals surface area (Å²) in [7, 11) is 0. The molecule has 1 unspecified atom stereocenters. The number of aromatic nitrogens is 3. The zero-order chi connectivity index (χ0) is 21.0. The molecule has 0 aliphatic rings. The van der Waals surface area contributed by atoms with Gasteiger partial charge in [0.15, 0.2) is 17.1 Å². The van der Waals surface area contributed by atoms with Crippen molar-refractivity contribution in [1.29, 1.82) is 0 Å². The second-order valence-corrected chi connectivity index (χ2v) is 7.16. The fourth-order valence-corrected chi connectivity index (χ4v) is 3.23. The minimum atomic E-state index is -0.205. The van der Waals surface area contributed by atoms with Gasteiger partial charge >= 0.3 is 0 Å². The number of benzene rings is 1. The summed E-state index contributed by atoms with van der Waals surface area (Å²) in [6, 6.07) is 7.46. The normalized spacial score (nSPS) is 12.2. The molecule has 154 valence electrons. The molecule has 2 aromatic heterocycles. The van der Waals surface area contributed by atoms with Gasteiger partial charge in [0, 0.05) is 11.9 Å². The number of amides is 1. The van der Waals surface area contributed by atoms with Crippen LogP contribution in [0.15, 0.2) is 36.7 Å². The van der Waals surface area contributed by atoms with Gasteiger partial charge in [-0.05, 0) is 50.5 Å².